The molecular formula is C15H22BrFN2. The zero-order chi connectivity index (χ0) is 13.7. The molecule has 1 aromatic carbocycles. The first-order chi connectivity index (χ1) is 9.16. The summed E-state index contributed by atoms with van der Waals surface area (Å²) in [6.45, 7) is 2.82. The zero-order valence-corrected chi connectivity index (χ0v) is 13.0. The monoisotopic (exact) mass is 328 g/mol. The molecule has 1 aliphatic rings. The van der Waals surface area contributed by atoms with E-state index < -0.39 is 0 Å². The van der Waals surface area contributed by atoms with Crippen molar-refractivity contribution < 1.29 is 4.39 Å². The molecule has 19 heavy (non-hydrogen) atoms. The Balaban J connectivity index is 1.68. The van der Waals surface area contributed by atoms with E-state index in [1.165, 1.54) is 37.8 Å². The predicted molar refractivity (Wildman–Crippen MR) is 80.7 cm³/mol. The minimum Gasteiger partial charge on any atom is -0.311 e. The van der Waals surface area contributed by atoms with Crippen molar-refractivity contribution in [2.75, 3.05) is 20.1 Å². The first-order valence-electron chi connectivity index (χ1n) is 7.01. The summed E-state index contributed by atoms with van der Waals surface area (Å²) in [6.07, 6.45) is 5.45. The predicted octanol–water partition coefficient (Wildman–Crippen LogP) is 3.55. The Morgan fingerprint density at radius 3 is 2.79 bits per heavy atom. The van der Waals surface area contributed by atoms with Gasteiger partial charge in [0.25, 0.3) is 0 Å². The molecule has 4 heteroatoms. The molecule has 1 N–H and O–H groups in total. The minimum atomic E-state index is -0.198. The second-order valence-corrected chi connectivity index (χ2v) is 6.19. The molecule has 0 aromatic heterocycles. The molecule has 1 aromatic rings. The third kappa shape index (κ3) is 4.55. The topological polar surface area (TPSA) is 15.3 Å². The van der Waals surface area contributed by atoms with Gasteiger partial charge in [-0.1, -0.05) is 34.8 Å². The number of likely N-dealkylation sites (N-methyl/N-ethyl adjacent to an activating group) is 1. The van der Waals surface area contributed by atoms with E-state index in [1.807, 2.05) is 6.07 Å². The Kier molecular flexibility index (Phi) is 5.79. The van der Waals surface area contributed by atoms with E-state index in [9.17, 15) is 4.39 Å². The molecule has 0 unspecified atom stereocenters. The summed E-state index contributed by atoms with van der Waals surface area (Å²) in [5.74, 6) is -0.198. The number of rotatable bonds is 6. The summed E-state index contributed by atoms with van der Waals surface area (Å²) < 4.78 is 13.8. The van der Waals surface area contributed by atoms with Crippen LogP contribution < -0.4 is 5.32 Å². The molecule has 0 aliphatic heterocycles. The third-order valence-electron chi connectivity index (χ3n) is 3.92. The Labute approximate surface area is 123 Å². The molecule has 0 atom stereocenters. The van der Waals surface area contributed by atoms with Crippen LogP contribution in [0.25, 0.3) is 0 Å². The number of hydrogen-bond donors (Lipinski definition) is 1. The Bertz CT molecular complexity index is 405. The molecule has 0 radical (unpaired) electrons. The van der Waals surface area contributed by atoms with Crippen molar-refractivity contribution in [3.63, 3.8) is 0 Å². The highest BCUT2D eigenvalue weighted by molar-refractivity contribution is 9.10. The van der Waals surface area contributed by atoms with Crippen LogP contribution in [0.5, 0.6) is 0 Å². The summed E-state index contributed by atoms with van der Waals surface area (Å²) in [5.41, 5.74) is 1.10. The van der Waals surface area contributed by atoms with Crippen LogP contribution in [0.15, 0.2) is 22.7 Å². The third-order valence-corrected chi connectivity index (χ3v) is 4.66. The van der Waals surface area contributed by atoms with Crippen molar-refractivity contribution in [3.05, 3.63) is 34.1 Å². The maximum Gasteiger partial charge on any atom is 0.124 e. The van der Waals surface area contributed by atoms with Crippen LogP contribution in [0.4, 0.5) is 4.39 Å². The van der Waals surface area contributed by atoms with Crippen molar-refractivity contribution >= 4 is 15.9 Å². The standard InChI is InChI=1S/C15H22BrFN2/c1-19(14-4-2-3-5-14)9-8-18-11-12-6-7-13(17)10-15(12)16/h6-7,10,14,18H,2-5,8-9,11H2,1H3. The van der Waals surface area contributed by atoms with Crippen molar-refractivity contribution in [2.24, 2.45) is 0 Å². The van der Waals surface area contributed by atoms with Crippen molar-refractivity contribution in [3.8, 4) is 0 Å². The molecule has 1 saturated carbocycles. The van der Waals surface area contributed by atoms with Gasteiger partial charge < -0.3 is 10.2 Å². The maximum atomic E-state index is 13.0. The van der Waals surface area contributed by atoms with Gasteiger partial charge >= 0.3 is 0 Å². The fourth-order valence-electron chi connectivity index (χ4n) is 2.67. The van der Waals surface area contributed by atoms with Crippen molar-refractivity contribution in [2.45, 2.75) is 38.3 Å². The summed E-state index contributed by atoms with van der Waals surface area (Å²) in [5, 5.41) is 3.42. The van der Waals surface area contributed by atoms with E-state index in [2.05, 4.69) is 33.2 Å². The molecule has 0 heterocycles. The lowest BCUT2D eigenvalue weighted by molar-refractivity contribution is 0.245. The molecule has 0 saturated heterocycles. The lowest BCUT2D eigenvalue weighted by Crippen LogP contribution is -2.35. The van der Waals surface area contributed by atoms with E-state index in [1.54, 1.807) is 0 Å². The van der Waals surface area contributed by atoms with Gasteiger partial charge in [-0.15, -0.1) is 0 Å². The smallest absolute Gasteiger partial charge is 0.124 e. The Hall–Kier alpha value is -0.450. The van der Waals surface area contributed by atoms with Gasteiger partial charge in [-0.2, -0.15) is 0 Å². The Morgan fingerprint density at radius 2 is 2.11 bits per heavy atom. The van der Waals surface area contributed by atoms with Gasteiger partial charge in [0.15, 0.2) is 0 Å². The molecule has 1 aliphatic carbocycles. The maximum absolute atomic E-state index is 13.0. The normalized spacial score (nSPS) is 16.4. The fraction of sp³-hybridized carbons (Fsp3) is 0.600. The SMILES string of the molecule is CN(CCNCc1ccc(F)cc1Br)C1CCCC1. The van der Waals surface area contributed by atoms with E-state index >= 15 is 0 Å². The molecule has 0 bridgehead atoms. The van der Waals surface area contributed by atoms with Crippen LogP contribution in [-0.2, 0) is 6.54 Å². The Morgan fingerprint density at radius 1 is 1.37 bits per heavy atom. The average Bonchev–Trinajstić information content (AvgIpc) is 2.90. The van der Waals surface area contributed by atoms with Crippen LogP contribution in [-0.4, -0.2) is 31.1 Å². The van der Waals surface area contributed by atoms with Crippen molar-refractivity contribution in [1.29, 1.82) is 0 Å². The van der Waals surface area contributed by atoms with Crippen molar-refractivity contribution in [1.82, 2.24) is 10.2 Å². The van der Waals surface area contributed by atoms with E-state index in [4.69, 9.17) is 0 Å². The van der Waals surface area contributed by atoms with Crippen LogP contribution in [0.2, 0.25) is 0 Å². The molecule has 106 valence electrons. The first kappa shape index (κ1) is 14.9. The zero-order valence-electron chi connectivity index (χ0n) is 11.5. The van der Waals surface area contributed by atoms with Gasteiger partial charge in [-0.05, 0) is 37.6 Å². The number of benzene rings is 1. The first-order valence-corrected chi connectivity index (χ1v) is 7.81. The number of halogens is 2. The number of nitrogens with one attached hydrogen (secondary N) is 1. The lowest BCUT2D eigenvalue weighted by atomic mass is 10.2. The lowest BCUT2D eigenvalue weighted by Gasteiger charge is -2.24. The molecular weight excluding hydrogens is 307 g/mol. The van der Waals surface area contributed by atoms with Gasteiger partial charge in [0, 0.05) is 30.1 Å². The second-order valence-electron chi connectivity index (χ2n) is 5.33. The highest BCUT2D eigenvalue weighted by Crippen LogP contribution is 2.22. The summed E-state index contributed by atoms with van der Waals surface area (Å²) >= 11 is 3.39. The summed E-state index contributed by atoms with van der Waals surface area (Å²) in [7, 11) is 2.21. The van der Waals surface area contributed by atoms with Crippen LogP contribution in [0.3, 0.4) is 0 Å². The molecule has 1 fully saturated rings. The highest BCUT2D eigenvalue weighted by Gasteiger charge is 2.18. The largest absolute Gasteiger partial charge is 0.311 e. The summed E-state index contributed by atoms with van der Waals surface area (Å²) in [6, 6.07) is 5.63. The highest BCUT2D eigenvalue weighted by atomic mass is 79.9. The molecule has 2 rings (SSSR count). The van der Waals surface area contributed by atoms with Gasteiger partial charge in [-0.25, -0.2) is 4.39 Å². The van der Waals surface area contributed by atoms with Crippen LogP contribution >= 0.6 is 15.9 Å². The average molecular weight is 329 g/mol. The van der Waals surface area contributed by atoms with E-state index in [0.29, 0.717) is 0 Å². The van der Waals surface area contributed by atoms with E-state index in [0.717, 1.165) is 35.7 Å². The molecule has 0 spiro atoms. The molecule has 0 amide bonds. The van der Waals surface area contributed by atoms with Crippen LogP contribution in [0.1, 0.15) is 31.2 Å². The summed E-state index contributed by atoms with van der Waals surface area (Å²) in [4.78, 5) is 2.46. The van der Waals surface area contributed by atoms with Gasteiger partial charge in [0.1, 0.15) is 5.82 Å². The van der Waals surface area contributed by atoms with Gasteiger partial charge in [0.05, 0.1) is 0 Å². The van der Waals surface area contributed by atoms with Gasteiger partial charge in [0.2, 0.25) is 0 Å². The van der Waals surface area contributed by atoms with Crippen LogP contribution in [0, 0.1) is 5.82 Å². The number of hydrogen-bond acceptors (Lipinski definition) is 2. The van der Waals surface area contributed by atoms with E-state index in [-0.39, 0.29) is 5.82 Å². The number of nitrogens with zero attached hydrogens (tertiary/aromatic N) is 1. The fourth-order valence-corrected chi connectivity index (χ4v) is 3.16. The second kappa shape index (κ2) is 7.36. The van der Waals surface area contributed by atoms with Gasteiger partial charge in [-0.3, -0.25) is 0 Å². The minimum absolute atomic E-state index is 0.198. The quantitative estimate of drug-likeness (QED) is 0.803. The molecule has 2 nitrogen and oxygen atoms in total.